The first-order valence-electron chi connectivity index (χ1n) is 4.81. The molecule has 0 saturated carbocycles. The minimum absolute atomic E-state index is 0.0452. The number of aromatic hydroxyl groups is 1. The predicted octanol–water partition coefficient (Wildman–Crippen LogP) is 1.01. The molecule has 2 N–H and O–H groups in total. The highest BCUT2D eigenvalue weighted by Gasteiger charge is 2.18. The normalized spacial score (nSPS) is 9.65. The van der Waals surface area contributed by atoms with Crippen molar-refractivity contribution in [2.75, 3.05) is 0 Å². The molecule has 6 nitrogen and oxygen atoms in total. The summed E-state index contributed by atoms with van der Waals surface area (Å²) in [5.74, 6) is -2.19. The van der Waals surface area contributed by atoms with Gasteiger partial charge in [0.25, 0.3) is 0 Å². The predicted molar refractivity (Wildman–Crippen MR) is 56.6 cm³/mol. The van der Waals surface area contributed by atoms with E-state index in [1.54, 1.807) is 13.0 Å². The van der Waals surface area contributed by atoms with E-state index in [4.69, 9.17) is 10.4 Å². The molecule has 0 aromatic carbocycles. The maximum Gasteiger partial charge on any atom is 0.303 e. The van der Waals surface area contributed by atoms with Gasteiger partial charge in [-0.25, -0.2) is 4.98 Å². The average molecular weight is 234 g/mol. The number of hydrogen-bond acceptors (Lipinski definition) is 5. The molecule has 6 heteroatoms. The third-order valence-corrected chi connectivity index (χ3v) is 2.07. The number of nitrogens with zero attached hydrogens (tertiary/aromatic N) is 2. The lowest BCUT2D eigenvalue weighted by atomic mass is 10.1. The van der Waals surface area contributed by atoms with E-state index in [0.29, 0.717) is 5.69 Å². The van der Waals surface area contributed by atoms with Crippen LogP contribution >= 0.6 is 0 Å². The summed E-state index contributed by atoms with van der Waals surface area (Å²) in [6.07, 6.45) is -0.597. The molecule has 0 unspecified atom stereocenters. The van der Waals surface area contributed by atoms with Crippen LogP contribution in [0.3, 0.4) is 0 Å². The Morgan fingerprint density at radius 3 is 2.65 bits per heavy atom. The van der Waals surface area contributed by atoms with Gasteiger partial charge < -0.3 is 10.2 Å². The molecule has 1 aromatic heterocycles. The standard InChI is InChI=1S/C11H10N2O4/c1-6-4-7(5-12)11(17)10(13-6)8(14)2-3-9(15)16/h4,17H,2-3H2,1H3,(H,15,16). The van der Waals surface area contributed by atoms with Crippen LogP contribution in [0.2, 0.25) is 0 Å². The first kappa shape index (κ1) is 12.6. The average Bonchev–Trinajstić information content (AvgIpc) is 2.28. The van der Waals surface area contributed by atoms with Crippen LogP contribution in [0.5, 0.6) is 5.75 Å². The number of pyridine rings is 1. The molecular weight excluding hydrogens is 224 g/mol. The van der Waals surface area contributed by atoms with E-state index in [0.717, 1.165) is 0 Å². The molecule has 0 radical (unpaired) electrons. The van der Waals surface area contributed by atoms with Crippen LogP contribution in [0.25, 0.3) is 0 Å². The maximum absolute atomic E-state index is 11.6. The second-order valence-electron chi connectivity index (χ2n) is 3.44. The fourth-order valence-corrected chi connectivity index (χ4v) is 1.28. The molecule has 17 heavy (non-hydrogen) atoms. The van der Waals surface area contributed by atoms with E-state index >= 15 is 0 Å². The van der Waals surface area contributed by atoms with Crippen molar-refractivity contribution in [2.45, 2.75) is 19.8 Å². The number of aliphatic carboxylic acids is 1. The smallest absolute Gasteiger partial charge is 0.303 e. The number of aromatic nitrogens is 1. The second-order valence-corrected chi connectivity index (χ2v) is 3.44. The minimum atomic E-state index is -1.11. The third kappa shape index (κ3) is 3.01. The van der Waals surface area contributed by atoms with Gasteiger partial charge in [0.15, 0.2) is 11.5 Å². The van der Waals surface area contributed by atoms with Crippen LogP contribution in [0, 0.1) is 18.3 Å². The Morgan fingerprint density at radius 1 is 1.47 bits per heavy atom. The Labute approximate surface area is 97.1 Å². The highest BCUT2D eigenvalue weighted by atomic mass is 16.4. The molecule has 0 saturated heterocycles. The van der Waals surface area contributed by atoms with Gasteiger partial charge >= 0.3 is 5.97 Å². The summed E-state index contributed by atoms with van der Waals surface area (Å²) in [6, 6.07) is 3.09. The van der Waals surface area contributed by atoms with Crippen molar-refractivity contribution in [3.63, 3.8) is 0 Å². The number of carboxylic acid groups (broad SMARTS) is 1. The van der Waals surface area contributed by atoms with Crippen LogP contribution in [-0.2, 0) is 4.79 Å². The fourth-order valence-electron chi connectivity index (χ4n) is 1.28. The molecule has 0 amide bonds. The Kier molecular flexibility index (Phi) is 3.78. The molecule has 0 aliphatic heterocycles. The summed E-state index contributed by atoms with van der Waals surface area (Å²) in [6.45, 7) is 1.58. The van der Waals surface area contributed by atoms with Gasteiger partial charge in [-0.2, -0.15) is 5.26 Å². The van der Waals surface area contributed by atoms with Crippen LogP contribution in [0.1, 0.15) is 34.6 Å². The first-order valence-corrected chi connectivity index (χ1v) is 4.81. The number of hydrogen-bond donors (Lipinski definition) is 2. The second kappa shape index (κ2) is 5.07. The quantitative estimate of drug-likeness (QED) is 0.752. The Hall–Kier alpha value is -2.42. The number of ketones is 1. The largest absolute Gasteiger partial charge is 0.504 e. The summed E-state index contributed by atoms with van der Waals surface area (Å²) in [5, 5.41) is 26.8. The Balaban J connectivity index is 3.06. The van der Waals surface area contributed by atoms with Gasteiger partial charge in [-0.05, 0) is 13.0 Å². The lowest BCUT2D eigenvalue weighted by molar-refractivity contribution is -0.136. The van der Waals surface area contributed by atoms with Crippen LogP contribution < -0.4 is 0 Å². The van der Waals surface area contributed by atoms with Gasteiger partial charge in [0.2, 0.25) is 0 Å². The monoisotopic (exact) mass is 234 g/mol. The van der Waals surface area contributed by atoms with E-state index in [9.17, 15) is 14.7 Å². The minimum Gasteiger partial charge on any atom is -0.504 e. The molecule has 0 aliphatic carbocycles. The molecular formula is C11H10N2O4. The summed E-state index contributed by atoms with van der Waals surface area (Å²) >= 11 is 0. The number of carbonyl (C=O) groups excluding carboxylic acids is 1. The van der Waals surface area contributed by atoms with E-state index in [1.807, 2.05) is 0 Å². The summed E-state index contributed by atoms with van der Waals surface area (Å²) in [4.78, 5) is 25.7. The van der Waals surface area contributed by atoms with Crippen molar-refractivity contribution in [1.82, 2.24) is 4.98 Å². The van der Waals surface area contributed by atoms with E-state index in [2.05, 4.69) is 4.98 Å². The highest BCUT2D eigenvalue weighted by Crippen LogP contribution is 2.22. The molecule has 0 spiro atoms. The number of nitriles is 1. The molecule has 1 heterocycles. The van der Waals surface area contributed by atoms with Gasteiger partial charge in [0.1, 0.15) is 11.8 Å². The Morgan fingerprint density at radius 2 is 2.12 bits per heavy atom. The molecule has 1 aromatic rings. The van der Waals surface area contributed by atoms with Gasteiger partial charge in [0, 0.05) is 12.1 Å². The highest BCUT2D eigenvalue weighted by molar-refractivity contribution is 5.98. The number of carboxylic acids is 1. The molecule has 0 fully saturated rings. The third-order valence-electron chi connectivity index (χ3n) is 2.07. The van der Waals surface area contributed by atoms with E-state index < -0.39 is 17.5 Å². The molecule has 0 atom stereocenters. The summed E-state index contributed by atoms with van der Waals surface area (Å²) in [5.41, 5.74) is 0.122. The van der Waals surface area contributed by atoms with Crippen LogP contribution in [0.4, 0.5) is 0 Å². The maximum atomic E-state index is 11.6. The van der Waals surface area contributed by atoms with Gasteiger partial charge in [-0.3, -0.25) is 9.59 Å². The van der Waals surface area contributed by atoms with Gasteiger partial charge in [0.05, 0.1) is 12.0 Å². The summed E-state index contributed by atoms with van der Waals surface area (Å²) < 4.78 is 0. The number of Topliss-reactive ketones (excluding diaryl/α,β-unsaturated/α-hetero) is 1. The van der Waals surface area contributed by atoms with Crippen molar-refractivity contribution in [3.8, 4) is 11.8 Å². The number of rotatable bonds is 4. The van der Waals surface area contributed by atoms with Crippen molar-refractivity contribution < 1.29 is 19.8 Å². The topological polar surface area (TPSA) is 111 Å². The molecule has 0 aliphatic rings. The van der Waals surface area contributed by atoms with Crippen molar-refractivity contribution in [3.05, 3.63) is 23.0 Å². The van der Waals surface area contributed by atoms with Crippen molar-refractivity contribution in [2.24, 2.45) is 0 Å². The number of carbonyl (C=O) groups is 2. The zero-order valence-electron chi connectivity index (χ0n) is 9.10. The fraction of sp³-hybridized carbons (Fsp3) is 0.273. The molecule has 1 rings (SSSR count). The van der Waals surface area contributed by atoms with Crippen molar-refractivity contribution in [1.29, 1.82) is 5.26 Å². The lowest BCUT2D eigenvalue weighted by Crippen LogP contribution is -2.07. The molecule has 88 valence electrons. The lowest BCUT2D eigenvalue weighted by Gasteiger charge is -2.05. The van der Waals surface area contributed by atoms with E-state index in [-0.39, 0.29) is 24.1 Å². The van der Waals surface area contributed by atoms with Crippen LogP contribution in [-0.4, -0.2) is 26.9 Å². The van der Waals surface area contributed by atoms with E-state index in [1.165, 1.54) is 6.07 Å². The molecule has 0 bridgehead atoms. The van der Waals surface area contributed by atoms with Crippen LogP contribution in [0.15, 0.2) is 6.07 Å². The summed E-state index contributed by atoms with van der Waals surface area (Å²) in [7, 11) is 0. The van der Waals surface area contributed by atoms with Gasteiger partial charge in [-0.15, -0.1) is 0 Å². The van der Waals surface area contributed by atoms with Gasteiger partial charge in [-0.1, -0.05) is 0 Å². The Bertz CT molecular complexity index is 517. The zero-order chi connectivity index (χ0) is 13.0. The SMILES string of the molecule is Cc1cc(C#N)c(O)c(C(=O)CCC(=O)O)n1. The first-order chi connectivity index (χ1) is 7.95. The van der Waals surface area contributed by atoms with Crippen molar-refractivity contribution >= 4 is 11.8 Å². The number of aryl methyl sites for hydroxylation is 1. The zero-order valence-corrected chi connectivity index (χ0v) is 9.10.